The minimum Gasteiger partial charge on any atom is -0.308 e. The molecule has 3 aromatic rings. The van der Waals surface area contributed by atoms with Crippen LogP contribution >= 0.6 is 0 Å². The Labute approximate surface area is 160 Å². The molecule has 1 aromatic heterocycles. The van der Waals surface area contributed by atoms with Crippen molar-refractivity contribution in [3.8, 4) is 22.4 Å². The Morgan fingerprint density at radius 3 is 2.15 bits per heavy atom. The van der Waals surface area contributed by atoms with Crippen molar-refractivity contribution < 1.29 is 8.42 Å². The van der Waals surface area contributed by atoms with Crippen LogP contribution in [0.25, 0.3) is 22.4 Å². The van der Waals surface area contributed by atoms with Gasteiger partial charge in [0, 0.05) is 23.9 Å². The second-order valence-electron chi connectivity index (χ2n) is 6.89. The average molecular weight is 385 g/mol. The number of benzene rings is 2. The largest absolute Gasteiger partial charge is 0.308 e. The summed E-state index contributed by atoms with van der Waals surface area (Å²) in [6, 6.07) is 14.8. The van der Waals surface area contributed by atoms with Crippen LogP contribution in [0.2, 0.25) is 0 Å². The van der Waals surface area contributed by atoms with Gasteiger partial charge in [-0.25, -0.2) is 13.6 Å². The molecule has 0 saturated carbocycles. The van der Waals surface area contributed by atoms with E-state index in [0.29, 0.717) is 0 Å². The quantitative estimate of drug-likeness (QED) is 0.708. The van der Waals surface area contributed by atoms with E-state index in [-0.39, 0.29) is 4.90 Å². The molecule has 6 nitrogen and oxygen atoms in total. The molecule has 0 unspecified atom stereocenters. The fraction of sp³-hybridized carbons (Fsp3) is 0.250. The van der Waals surface area contributed by atoms with Gasteiger partial charge in [0.1, 0.15) is 5.69 Å². The molecule has 0 aliphatic rings. The van der Waals surface area contributed by atoms with Gasteiger partial charge in [0.2, 0.25) is 10.0 Å². The van der Waals surface area contributed by atoms with E-state index in [9.17, 15) is 8.42 Å². The minimum atomic E-state index is -3.71. The zero-order chi connectivity index (χ0) is 19.6. The summed E-state index contributed by atoms with van der Waals surface area (Å²) in [5.74, 6) is 0. The highest BCUT2D eigenvalue weighted by atomic mass is 32.2. The van der Waals surface area contributed by atoms with Crippen molar-refractivity contribution >= 4 is 10.0 Å². The standard InChI is InChI=1S/C20H24N4O2S/c1-15-4-6-16(7-5-15)19-14-24(13-12-23(2)3)22-20(19)17-8-10-18(11-9-17)27(21,25)26/h4-11,14H,12-13H2,1-3H3,(H2,21,25,26). The van der Waals surface area contributed by atoms with E-state index in [1.165, 1.54) is 17.7 Å². The maximum absolute atomic E-state index is 11.5. The number of hydrogen-bond donors (Lipinski definition) is 1. The van der Waals surface area contributed by atoms with Gasteiger partial charge in [-0.15, -0.1) is 0 Å². The van der Waals surface area contributed by atoms with Gasteiger partial charge in [-0.1, -0.05) is 42.0 Å². The SMILES string of the molecule is Cc1ccc(-c2cn(CCN(C)C)nc2-c2ccc(S(N)(=O)=O)cc2)cc1. The normalized spacial score (nSPS) is 11.9. The smallest absolute Gasteiger partial charge is 0.238 e. The first-order chi connectivity index (χ1) is 12.7. The van der Waals surface area contributed by atoms with Crippen LogP contribution in [0.4, 0.5) is 0 Å². The number of aryl methyl sites for hydroxylation is 1. The van der Waals surface area contributed by atoms with E-state index in [0.717, 1.165) is 35.5 Å². The number of nitrogens with two attached hydrogens (primary N) is 1. The molecule has 1 heterocycles. The van der Waals surface area contributed by atoms with Crippen LogP contribution in [0.5, 0.6) is 0 Å². The molecule has 0 amide bonds. The maximum atomic E-state index is 11.5. The lowest BCUT2D eigenvalue weighted by Gasteiger charge is -2.08. The molecule has 0 aliphatic carbocycles. The molecular weight excluding hydrogens is 360 g/mol. The molecule has 0 bridgehead atoms. The Hall–Kier alpha value is -2.48. The molecule has 7 heteroatoms. The molecular formula is C20H24N4O2S. The molecule has 2 N–H and O–H groups in total. The van der Waals surface area contributed by atoms with Gasteiger partial charge in [-0.3, -0.25) is 4.68 Å². The molecule has 0 spiro atoms. The number of likely N-dealkylation sites (N-methyl/N-ethyl adjacent to an activating group) is 1. The highest BCUT2D eigenvalue weighted by Crippen LogP contribution is 2.31. The third-order valence-corrected chi connectivity index (χ3v) is 5.29. The van der Waals surface area contributed by atoms with Gasteiger partial charge in [-0.05, 0) is 38.7 Å². The topological polar surface area (TPSA) is 81.2 Å². The summed E-state index contributed by atoms with van der Waals surface area (Å²) in [5.41, 5.74) is 4.94. The molecule has 3 rings (SSSR count). The van der Waals surface area contributed by atoms with E-state index in [2.05, 4.69) is 36.1 Å². The fourth-order valence-electron chi connectivity index (χ4n) is 2.80. The monoisotopic (exact) mass is 384 g/mol. The molecule has 0 radical (unpaired) electrons. The minimum absolute atomic E-state index is 0.0928. The Kier molecular flexibility index (Phi) is 5.46. The van der Waals surface area contributed by atoms with Crippen LogP contribution in [-0.2, 0) is 16.6 Å². The molecule has 27 heavy (non-hydrogen) atoms. The summed E-state index contributed by atoms with van der Waals surface area (Å²) in [6.45, 7) is 3.69. The number of primary sulfonamides is 1. The van der Waals surface area contributed by atoms with E-state index < -0.39 is 10.0 Å². The molecule has 0 atom stereocenters. The highest BCUT2D eigenvalue weighted by Gasteiger charge is 2.15. The fourth-order valence-corrected chi connectivity index (χ4v) is 3.31. The van der Waals surface area contributed by atoms with Crippen molar-refractivity contribution in [3.05, 3.63) is 60.3 Å². The van der Waals surface area contributed by atoms with Gasteiger partial charge in [0.05, 0.1) is 11.4 Å². The van der Waals surface area contributed by atoms with E-state index in [4.69, 9.17) is 10.2 Å². The van der Waals surface area contributed by atoms with Gasteiger partial charge in [0.15, 0.2) is 0 Å². The predicted molar refractivity (Wildman–Crippen MR) is 108 cm³/mol. The summed E-state index contributed by atoms with van der Waals surface area (Å²) >= 11 is 0. The van der Waals surface area contributed by atoms with Crippen LogP contribution in [-0.4, -0.2) is 43.7 Å². The van der Waals surface area contributed by atoms with Crippen LogP contribution in [0.3, 0.4) is 0 Å². The summed E-state index contributed by atoms with van der Waals surface area (Å²) in [4.78, 5) is 2.20. The van der Waals surface area contributed by atoms with Crippen LogP contribution in [0.15, 0.2) is 59.6 Å². The van der Waals surface area contributed by atoms with Crippen molar-refractivity contribution in [1.82, 2.24) is 14.7 Å². The Balaban J connectivity index is 2.05. The Morgan fingerprint density at radius 2 is 1.59 bits per heavy atom. The number of nitrogens with zero attached hydrogens (tertiary/aromatic N) is 3. The summed E-state index contributed by atoms with van der Waals surface area (Å²) < 4.78 is 24.9. The first-order valence-electron chi connectivity index (χ1n) is 8.66. The predicted octanol–water partition coefficient (Wildman–Crippen LogP) is 2.73. The van der Waals surface area contributed by atoms with Crippen molar-refractivity contribution in [2.45, 2.75) is 18.4 Å². The summed E-state index contributed by atoms with van der Waals surface area (Å²) in [6.07, 6.45) is 2.04. The zero-order valence-corrected chi connectivity index (χ0v) is 16.6. The molecule has 0 saturated heterocycles. The molecule has 2 aromatic carbocycles. The lowest BCUT2D eigenvalue weighted by Crippen LogP contribution is -2.18. The third-order valence-electron chi connectivity index (χ3n) is 4.36. The van der Waals surface area contributed by atoms with Gasteiger partial charge in [0.25, 0.3) is 0 Å². The lowest BCUT2D eigenvalue weighted by atomic mass is 10.0. The number of sulfonamides is 1. The number of aromatic nitrogens is 2. The second kappa shape index (κ2) is 7.64. The highest BCUT2D eigenvalue weighted by molar-refractivity contribution is 7.89. The number of hydrogen-bond acceptors (Lipinski definition) is 4. The van der Waals surface area contributed by atoms with E-state index in [1.807, 2.05) is 25.0 Å². The third kappa shape index (κ3) is 4.63. The summed E-state index contributed by atoms with van der Waals surface area (Å²) in [7, 11) is 0.337. The van der Waals surface area contributed by atoms with Crippen molar-refractivity contribution in [3.63, 3.8) is 0 Å². The van der Waals surface area contributed by atoms with Gasteiger partial charge in [-0.2, -0.15) is 5.10 Å². The Morgan fingerprint density at radius 1 is 1.00 bits per heavy atom. The first kappa shape index (κ1) is 19.3. The van der Waals surface area contributed by atoms with Crippen molar-refractivity contribution in [1.29, 1.82) is 0 Å². The van der Waals surface area contributed by atoms with Crippen LogP contribution in [0, 0.1) is 6.92 Å². The van der Waals surface area contributed by atoms with Crippen molar-refractivity contribution in [2.75, 3.05) is 20.6 Å². The van der Waals surface area contributed by atoms with Crippen LogP contribution < -0.4 is 5.14 Å². The molecule has 0 aliphatic heterocycles. The van der Waals surface area contributed by atoms with E-state index in [1.54, 1.807) is 12.1 Å². The summed E-state index contributed by atoms with van der Waals surface area (Å²) in [5, 5.41) is 9.95. The number of rotatable bonds is 6. The lowest BCUT2D eigenvalue weighted by molar-refractivity contribution is 0.373. The van der Waals surface area contributed by atoms with Crippen molar-refractivity contribution in [2.24, 2.45) is 5.14 Å². The molecule has 142 valence electrons. The average Bonchev–Trinajstić information content (AvgIpc) is 3.04. The van der Waals surface area contributed by atoms with Crippen LogP contribution in [0.1, 0.15) is 5.56 Å². The maximum Gasteiger partial charge on any atom is 0.238 e. The Bertz CT molecular complexity index is 1020. The second-order valence-corrected chi connectivity index (χ2v) is 8.45. The zero-order valence-electron chi connectivity index (χ0n) is 15.8. The first-order valence-corrected chi connectivity index (χ1v) is 10.2. The van der Waals surface area contributed by atoms with E-state index >= 15 is 0 Å². The molecule has 0 fully saturated rings. The van der Waals surface area contributed by atoms with Gasteiger partial charge >= 0.3 is 0 Å². The van der Waals surface area contributed by atoms with Gasteiger partial charge < -0.3 is 4.90 Å².